The number of nitrogens with zero attached hydrogens (tertiary/aromatic N) is 2. The van der Waals surface area contributed by atoms with E-state index in [1.54, 1.807) is 0 Å². The van der Waals surface area contributed by atoms with Crippen molar-refractivity contribution >= 4 is 15.9 Å². The van der Waals surface area contributed by atoms with Crippen LogP contribution in [0.1, 0.15) is 30.0 Å². The fourth-order valence-electron chi connectivity index (χ4n) is 2.13. The van der Waals surface area contributed by atoms with Crippen molar-refractivity contribution in [3.63, 3.8) is 0 Å². The minimum atomic E-state index is 0.182. The van der Waals surface area contributed by atoms with E-state index >= 15 is 0 Å². The van der Waals surface area contributed by atoms with E-state index in [1.165, 1.54) is 11.1 Å². The first kappa shape index (κ1) is 15.1. The molecular weight excluding hydrogens is 314 g/mol. The van der Waals surface area contributed by atoms with E-state index in [0.29, 0.717) is 0 Å². The Labute approximate surface area is 128 Å². The number of benzene rings is 1. The van der Waals surface area contributed by atoms with Gasteiger partial charge in [0.2, 0.25) is 0 Å². The van der Waals surface area contributed by atoms with Crippen LogP contribution in [0.15, 0.2) is 29.0 Å². The molecule has 2 rings (SSSR count). The average molecular weight is 334 g/mol. The van der Waals surface area contributed by atoms with Gasteiger partial charge < -0.3 is 5.73 Å². The Morgan fingerprint density at radius 1 is 1.15 bits per heavy atom. The second kappa shape index (κ2) is 6.46. The number of aryl methyl sites for hydroxylation is 2. The molecule has 0 spiro atoms. The Balaban J connectivity index is 2.26. The van der Waals surface area contributed by atoms with Gasteiger partial charge >= 0.3 is 0 Å². The molecule has 0 amide bonds. The summed E-state index contributed by atoms with van der Waals surface area (Å²) in [6.45, 7) is 6.25. The van der Waals surface area contributed by atoms with Gasteiger partial charge in [0.15, 0.2) is 5.82 Å². The summed E-state index contributed by atoms with van der Waals surface area (Å²) in [5.74, 6) is 0.762. The Morgan fingerprint density at radius 2 is 1.70 bits per heavy atom. The molecule has 20 heavy (non-hydrogen) atoms. The maximum absolute atomic E-state index is 5.95. The van der Waals surface area contributed by atoms with E-state index in [9.17, 15) is 0 Å². The SMILES string of the molecule is CCC(N)Cc1cnc(-c2cc(C)c(Br)c(C)c2)nc1. The molecule has 0 aliphatic heterocycles. The highest BCUT2D eigenvalue weighted by atomic mass is 79.9. The van der Waals surface area contributed by atoms with E-state index in [-0.39, 0.29) is 6.04 Å². The number of hydrogen-bond donors (Lipinski definition) is 1. The maximum Gasteiger partial charge on any atom is 0.159 e. The van der Waals surface area contributed by atoms with E-state index in [4.69, 9.17) is 5.73 Å². The lowest BCUT2D eigenvalue weighted by Crippen LogP contribution is -2.21. The summed E-state index contributed by atoms with van der Waals surface area (Å²) in [5.41, 5.74) is 10.5. The molecule has 2 N–H and O–H groups in total. The zero-order chi connectivity index (χ0) is 14.7. The molecule has 1 unspecified atom stereocenters. The van der Waals surface area contributed by atoms with Gasteiger partial charge in [-0.3, -0.25) is 0 Å². The van der Waals surface area contributed by atoms with Crippen LogP contribution in [-0.2, 0) is 6.42 Å². The van der Waals surface area contributed by atoms with Gasteiger partial charge in [0.25, 0.3) is 0 Å². The number of hydrogen-bond acceptors (Lipinski definition) is 3. The minimum absolute atomic E-state index is 0.182. The van der Waals surface area contributed by atoms with Gasteiger partial charge in [0, 0.05) is 28.5 Å². The zero-order valence-electron chi connectivity index (χ0n) is 12.2. The number of rotatable bonds is 4. The van der Waals surface area contributed by atoms with E-state index < -0.39 is 0 Å². The van der Waals surface area contributed by atoms with Crippen LogP contribution in [0.4, 0.5) is 0 Å². The van der Waals surface area contributed by atoms with Crippen LogP contribution in [0.2, 0.25) is 0 Å². The zero-order valence-corrected chi connectivity index (χ0v) is 13.7. The standard InChI is InChI=1S/C16H20BrN3/c1-4-14(18)7-12-8-19-16(20-9-12)13-5-10(2)15(17)11(3)6-13/h5-6,8-9,14H,4,7,18H2,1-3H3. The van der Waals surface area contributed by atoms with Gasteiger partial charge in [-0.15, -0.1) is 0 Å². The smallest absolute Gasteiger partial charge is 0.159 e. The third-order valence-corrected chi connectivity index (χ3v) is 4.67. The van der Waals surface area contributed by atoms with Crippen LogP contribution in [0.25, 0.3) is 11.4 Å². The van der Waals surface area contributed by atoms with Crippen molar-refractivity contribution in [2.45, 2.75) is 39.7 Å². The molecule has 0 saturated carbocycles. The van der Waals surface area contributed by atoms with Crippen LogP contribution in [-0.4, -0.2) is 16.0 Å². The molecule has 1 atom stereocenters. The van der Waals surface area contributed by atoms with Crippen LogP contribution in [0, 0.1) is 13.8 Å². The molecule has 0 aliphatic carbocycles. The summed E-state index contributed by atoms with van der Waals surface area (Å²) in [6, 6.07) is 4.38. The van der Waals surface area contributed by atoms with Gasteiger partial charge in [-0.1, -0.05) is 22.9 Å². The normalized spacial score (nSPS) is 12.4. The second-order valence-corrected chi connectivity index (χ2v) is 6.00. The summed E-state index contributed by atoms with van der Waals surface area (Å²) in [6.07, 6.45) is 5.55. The molecule has 2 aromatic rings. The lowest BCUT2D eigenvalue weighted by Gasteiger charge is -2.09. The first-order chi connectivity index (χ1) is 9.51. The predicted molar refractivity (Wildman–Crippen MR) is 86.6 cm³/mol. The Bertz CT molecular complexity index is 570. The van der Waals surface area contributed by atoms with E-state index in [1.807, 2.05) is 12.4 Å². The van der Waals surface area contributed by atoms with Crippen molar-refractivity contribution in [3.8, 4) is 11.4 Å². The van der Waals surface area contributed by atoms with Crippen LogP contribution in [0.3, 0.4) is 0 Å². The molecule has 0 bridgehead atoms. The van der Waals surface area contributed by atoms with Crippen molar-refractivity contribution in [1.82, 2.24) is 9.97 Å². The summed E-state index contributed by atoms with van der Waals surface area (Å²) < 4.78 is 1.15. The molecule has 1 aromatic heterocycles. The molecule has 4 heteroatoms. The number of halogens is 1. The van der Waals surface area contributed by atoms with Gasteiger partial charge in [0.1, 0.15) is 0 Å². The molecule has 1 aromatic carbocycles. The first-order valence-corrected chi connectivity index (χ1v) is 7.64. The highest BCUT2D eigenvalue weighted by Gasteiger charge is 2.08. The molecule has 0 radical (unpaired) electrons. The topological polar surface area (TPSA) is 51.8 Å². The Hall–Kier alpha value is -1.26. The van der Waals surface area contributed by atoms with Gasteiger partial charge in [-0.05, 0) is 55.5 Å². The predicted octanol–water partition coefficient (Wildman–Crippen LogP) is 3.80. The monoisotopic (exact) mass is 333 g/mol. The fraction of sp³-hybridized carbons (Fsp3) is 0.375. The quantitative estimate of drug-likeness (QED) is 0.925. The lowest BCUT2D eigenvalue weighted by atomic mass is 10.1. The Morgan fingerprint density at radius 3 is 2.20 bits per heavy atom. The third kappa shape index (κ3) is 3.44. The van der Waals surface area contributed by atoms with Gasteiger partial charge in [-0.2, -0.15) is 0 Å². The molecule has 106 valence electrons. The molecule has 1 heterocycles. The number of nitrogens with two attached hydrogens (primary N) is 1. The van der Waals surface area contributed by atoms with Crippen molar-refractivity contribution in [2.75, 3.05) is 0 Å². The highest BCUT2D eigenvalue weighted by Crippen LogP contribution is 2.26. The molecular formula is C16H20BrN3. The van der Waals surface area contributed by atoms with E-state index in [0.717, 1.165) is 34.3 Å². The van der Waals surface area contributed by atoms with Gasteiger partial charge in [-0.25, -0.2) is 9.97 Å². The lowest BCUT2D eigenvalue weighted by molar-refractivity contribution is 0.643. The van der Waals surface area contributed by atoms with Crippen molar-refractivity contribution in [3.05, 3.63) is 45.7 Å². The third-order valence-electron chi connectivity index (χ3n) is 3.42. The van der Waals surface area contributed by atoms with Gasteiger partial charge in [0.05, 0.1) is 0 Å². The summed E-state index contributed by atoms with van der Waals surface area (Å²) in [5, 5.41) is 0. The average Bonchev–Trinajstić information content (AvgIpc) is 2.45. The number of aromatic nitrogens is 2. The van der Waals surface area contributed by atoms with Crippen molar-refractivity contribution in [1.29, 1.82) is 0 Å². The summed E-state index contributed by atoms with van der Waals surface area (Å²) >= 11 is 3.58. The summed E-state index contributed by atoms with van der Waals surface area (Å²) in [4.78, 5) is 8.93. The molecule has 3 nitrogen and oxygen atoms in total. The maximum atomic E-state index is 5.95. The summed E-state index contributed by atoms with van der Waals surface area (Å²) in [7, 11) is 0. The second-order valence-electron chi connectivity index (χ2n) is 5.21. The van der Waals surface area contributed by atoms with Crippen molar-refractivity contribution < 1.29 is 0 Å². The van der Waals surface area contributed by atoms with Crippen LogP contribution >= 0.6 is 15.9 Å². The largest absolute Gasteiger partial charge is 0.327 e. The van der Waals surface area contributed by atoms with Crippen LogP contribution in [0.5, 0.6) is 0 Å². The molecule has 0 fully saturated rings. The van der Waals surface area contributed by atoms with Crippen molar-refractivity contribution in [2.24, 2.45) is 5.73 Å². The fourth-order valence-corrected chi connectivity index (χ4v) is 2.36. The Kier molecular flexibility index (Phi) is 4.89. The molecule has 0 aliphatic rings. The van der Waals surface area contributed by atoms with Crippen LogP contribution < -0.4 is 5.73 Å². The molecule has 0 saturated heterocycles. The minimum Gasteiger partial charge on any atom is -0.327 e. The highest BCUT2D eigenvalue weighted by molar-refractivity contribution is 9.10. The first-order valence-electron chi connectivity index (χ1n) is 6.85. The van der Waals surface area contributed by atoms with E-state index in [2.05, 4.69) is 58.8 Å².